The Morgan fingerprint density at radius 2 is 1.72 bits per heavy atom. The molecule has 8 nitrogen and oxygen atoms in total. The molecule has 2 fully saturated rings. The van der Waals surface area contributed by atoms with Crippen molar-refractivity contribution in [1.29, 1.82) is 0 Å². The fraction of sp³-hybridized carbons (Fsp3) is 0.300. The number of hydrogen-bond donors (Lipinski definition) is 3. The van der Waals surface area contributed by atoms with Gasteiger partial charge in [-0.05, 0) is 68.3 Å². The van der Waals surface area contributed by atoms with Crippen LogP contribution in [-0.2, 0) is 10.0 Å². The molecular weight excluding hydrogens is 510 g/mol. The molecule has 0 bridgehead atoms. The standard InChI is InChI=1S/C30H33N5O3S/c1-34-15-17-35(18-16-34)24-11-9-23(10-12-24)32-29(22-5-3-2-4-6-22)28-26-19-25(13-14-27(26)33-30(28)36)39(37,38)31-20-21-7-8-21/h2-6,9-14,19,21,31,33,36H,7-8,15-18,20H2,1H3. The second kappa shape index (κ2) is 10.5. The summed E-state index contributed by atoms with van der Waals surface area (Å²) in [6.07, 6.45) is 2.12. The summed E-state index contributed by atoms with van der Waals surface area (Å²) in [6.45, 7) is 4.49. The zero-order valence-electron chi connectivity index (χ0n) is 22.0. The van der Waals surface area contributed by atoms with Crippen LogP contribution in [0.4, 0.5) is 11.4 Å². The highest BCUT2D eigenvalue weighted by Gasteiger charge is 2.26. The summed E-state index contributed by atoms with van der Waals surface area (Å²) in [7, 11) is -1.53. The third-order valence-corrected chi connectivity index (χ3v) is 8.98. The minimum atomic E-state index is -3.68. The van der Waals surface area contributed by atoms with Gasteiger partial charge < -0.3 is 19.9 Å². The van der Waals surface area contributed by atoms with Crippen LogP contribution in [-0.4, -0.2) is 68.9 Å². The second-order valence-corrected chi connectivity index (χ2v) is 12.3. The maximum absolute atomic E-state index is 13.0. The average Bonchev–Trinajstić information content (AvgIpc) is 3.73. The molecule has 0 spiro atoms. The van der Waals surface area contributed by atoms with Crippen molar-refractivity contribution < 1.29 is 13.5 Å². The van der Waals surface area contributed by atoms with Gasteiger partial charge in [0.2, 0.25) is 10.0 Å². The molecule has 1 aliphatic carbocycles. The summed E-state index contributed by atoms with van der Waals surface area (Å²) in [5.41, 5.74) is 4.39. The zero-order valence-corrected chi connectivity index (χ0v) is 22.8. The Labute approximate surface area is 229 Å². The normalized spacial score (nSPS) is 17.2. The van der Waals surface area contributed by atoms with Crippen molar-refractivity contribution >= 4 is 38.0 Å². The Kier molecular flexibility index (Phi) is 6.88. The van der Waals surface area contributed by atoms with Crippen LogP contribution in [0.3, 0.4) is 0 Å². The van der Waals surface area contributed by atoms with Crippen LogP contribution in [0.25, 0.3) is 10.9 Å². The largest absolute Gasteiger partial charge is 0.494 e. The van der Waals surface area contributed by atoms with E-state index in [1.54, 1.807) is 18.2 Å². The highest BCUT2D eigenvalue weighted by Crippen LogP contribution is 2.34. The summed E-state index contributed by atoms with van der Waals surface area (Å²) >= 11 is 0. The van der Waals surface area contributed by atoms with Crippen molar-refractivity contribution in [3.05, 3.63) is 83.9 Å². The lowest BCUT2D eigenvalue weighted by atomic mass is 10.0. The number of benzene rings is 3. The van der Waals surface area contributed by atoms with Crippen LogP contribution < -0.4 is 9.62 Å². The molecule has 39 heavy (non-hydrogen) atoms. The number of aliphatic imine (C=N–C) groups is 1. The van der Waals surface area contributed by atoms with Gasteiger partial charge in [0.05, 0.1) is 21.9 Å². The lowest BCUT2D eigenvalue weighted by Gasteiger charge is -2.34. The van der Waals surface area contributed by atoms with Crippen LogP contribution in [0.1, 0.15) is 24.0 Å². The maximum atomic E-state index is 13.0. The third kappa shape index (κ3) is 5.56. The summed E-state index contributed by atoms with van der Waals surface area (Å²) in [5.74, 6) is 0.372. The van der Waals surface area contributed by atoms with E-state index in [9.17, 15) is 13.5 Å². The molecule has 1 aromatic heterocycles. The van der Waals surface area contributed by atoms with Crippen LogP contribution in [0.5, 0.6) is 5.88 Å². The van der Waals surface area contributed by atoms with Crippen molar-refractivity contribution in [2.45, 2.75) is 17.7 Å². The number of aromatic amines is 1. The van der Waals surface area contributed by atoms with E-state index in [4.69, 9.17) is 4.99 Å². The summed E-state index contributed by atoms with van der Waals surface area (Å²) in [6, 6.07) is 22.7. The van der Waals surface area contributed by atoms with E-state index in [1.807, 2.05) is 42.5 Å². The van der Waals surface area contributed by atoms with E-state index in [2.05, 4.69) is 38.7 Å². The van der Waals surface area contributed by atoms with E-state index in [1.165, 1.54) is 0 Å². The number of hydrogen-bond acceptors (Lipinski definition) is 6. The molecule has 3 N–H and O–H groups in total. The van der Waals surface area contributed by atoms with E-state index in [0.29, 0.717) is 34.6 Å². The minimum Gasteiger partial charge on any atom is -0.494 e. The SMILES string of the molecule is CN1CCN(c2ccc(N=C(c3ccccc3)c3c(O)[nH]c4ccc(S(=O)(=O)NCC5CC5)cc34)cc2)CC1. The number of nitrogens with one attached hydrogen (secondary N) is 2. The Bertz CT molecular complexity index is 1600. The molecule has 4 aromatic rings. The Balaban J connectivity index is 1.40. The van der Waals surface area contributed by atoms with Gasteiger partial charge in [0, 0.05) is 54.9 Å². The number of H-pyrrole nitrogens is 1. The summed E-state index contributed by atoms with van der Waals surface area (Å²) in [5, 5.41) is 11.6. The first-order valence-electron chi connectivity index (χ1n) is 13.4. The molecule has 2 aliphatic rings. The number of sulfonamides is 1. The first-order chi connectivity index (χ1) is 18.9. The predicted octanol–water partition coefficient (Wildman–Crippen LogP) is 4.48. The molecule has 2 heterocycles. The van der Waals surface area contributed by atoms with Gasteiger partial charge in [0.15, 0.2) is 5.88 Å². The Morgan fingerprint density at radius 1 is 1.00 bits per heavy atom. The van der Waals surface area contributed by atoms with Crippen molar-refractivity contribution in [3.8, 4) is 5.88 Å². The fourth-order valence-corrected chi connectivity index (χ4v) is 6.13. The van der Waals surface area contributed by atoms with Crippen molar-refractivity contribution in [3.63, 3.8) is 0 Å². The summed E-state index contributed by atoms with van der Waals surface area (Å²) < 4.78 is 28.8. The topological polar surface area (TPSA) is 101 Å². The van der Waals surface area contributed by atoms with Crippen molar-refractivity contribution in [2.75, 3.05) is 44.7 Å². The van der Waals surface area contributed by atoms with Gasteiger partial charge >= 0.3 is 0 Å². The minimum absolute atomic E-state index is 0.0536. The molecule has 3 aromatic carbocycles. The number of rotatable bonds is 8. The Hall–Kier alpha value is -3.66. The maximum Gasteiger partial charge on any atom is 0.240 e. The number of fused-ring (bicyclic) bond motifs is 1. The number of likely N-dealkylation sites (N-methyl/N-ethyl adjacent to an activating group) is 1. The molecule has 0 unspecified atom stereocenters. The van der Waals surface area contributed by atoms with E-state index < -0.39 is 10.0 Å². The van der Waals surface area contributed by atoms with Gasteiger partial charge in [-0.2, -0.15) is 0 Å². The van der Waals surface area contributed by atoms with Crippen LogP contribution in [0, 0.1) is 5.92 Å². The predicted molar refractivity (Wildman–Crippen MR) is 156 cm³/mol. The van der Waals surface area contributed by atoms with Gasteiger partial charge in [-0.25, -0.2) is 18.1 Å². The first kappa shape index (κ1) is 25.6. The first-order valence-corrected chi connectivity index (χ1v) is 14.9. The van der Waals surface area contributed by atoms with Crippen molar-refractivity contribution in [1.82, 2.24) is 14.6 Å². The molecule has 1 aliphatic heterocycles. The van der Waals surface area contributed by atoms with E-state index in [0.717, 1.165) is 56.0 Å². The molecule has 1 saturated carbocycles. The fourth-order valence-electron chi connectivity index (χ4n) is 4.99. The quantitative estimate of drug-likeness (QED) is 0.285. The van der Waals surface area contributed by atoms with Crippen molar-refractivity contribution in [2.24, 2.45) is 10.9 Å². The number of anilines is 1. The van der Waals surface area contributed by atoms with E-state index in [-0.39, 0.29) is 10.8 Å². The van der Waals surface area contributed by atoms with Crippen LogP contribution in [0.2, 0.25) is 0 Å². The highest BCUT2D eigenvalue weighted by molar-refractivity contribution is 7.89. The van der Waals surface area contributed by atoms with Gasteiger partial charge in [-0.1, -0.05) is 30.3 Å². The number of nitrogens with zero attached hydrogens (tertiary/aromatic N) is 3. The monoisotopic (exact) mass is 543 g/mol. The molecule has 0 amide bonds. The molecule has 0 atom stereocenters. The molecular formula is C30H33N5O3S. The average molecular weight is 544 g/mol. The zero-order chi connectivity index (χ0) is 27.0. The molecule has 9 heteroatoms. The number of aromatic hydroxyl groups is 1. The van der Waals surface area contributed by atoms with Crippen LogP contribution in [0.15, 0.2) is 82.7 Å². The third-order valence-electron chi connectivity index (χ3n) is 7.56. The highest BCUT2D eigenvalue weighted by atomic mass is 32.2. The smallest absolute Gasteiger partial charge is 0.240 e. The van der Waals surface area contributed by atoms with Gasteiger partial charge in [-0.3, -0.25) is 0 Å². The summed E-state index contributed by atoms with van der Waals surface area (Å²) in [4.78, 5) is 12.9. The Morgan fingerprint density at radius 3 is 2.41 bits per heavy atom. The molecule has 6 rings (SSSR count). The molecule has 1 saturated heterocycles. The molecule has 0 radical (unpaired) electrons. The van der Waals surface area contributed by atoms with Gasteiger partial charge in [0.25, 0.3) is 0 Å². The van der Waals surface area contributed by atoms with Crippen LogP contribution >= 0.6 is 0 Å². The number of aromatic nitrogens is 1. The number of piperazine rings is 1. The second-order valence-electron chi connectivity index (χ2n) is 10.5. The lowest BCUT2D eigenvalue weighted by molar-refractivity contribution is 0.313. The van der Waals surface area contributed by atoms with Gasteiger partial charge in [0.1, 0.15) is 0 Å². The molecule has 202 valence electrons. The van der Waals surface area contributed by atoms with Gasteiger partial charge in [-0.15, -0.1) is 0 Å². The van der Waals surface area contributed by atoms with E-state index >= 15 is 0 Å². The lowest BCUT2D eigenvalue weighted by Crippen LogP contribution is -2.44.